The number of thioether (sulfide) groups is 1. The summed E-state index contributed by atoms with van der Waals surface area (Å²) >= 11 is 13.0. The monoisotopic (exact) mass is 316 g/mol. The molecule has 19 heavy (non-hydrogen) atoms. The summed E-state index contributed by atoms with van der Waals surface area (Å²) in [7, 11) is 0. The first-order valence-corrected chi connectivity index (χ1v) is 8.02. The van der Waals surface area contributed by atoms with Crippen molar-refractivity contribution in [3.8, 4) is 0 Å². The van der Waals surface area contributed by atoms with Crippen LogP contribution < -0.4 is 5.32 Å². The van der Waals surface area contributed by atoms with Gasteiger partial charge >= 0.3 is 0 Å². The van der Waals surface area contributed by atoms with Crippen molar-refractivity contribution in [1.82, 2.24) is 10.2 Å². The molecule has 1 fully saturated rings. The first-order valence-electron chi connectivity index (χ1n) is 6.24. The Kier molecular flexibility index (Phi) is 6.23. The molecule has 6 heteroatoms. The van der Waals surface area contributed by atoms with Crippen LogP contribution in [0.4, 0.5) is 0 Å². The van der Waals surface area contributed by atoms with Gasteiger partial charge in [0.15, 0.2) is 5.11 Å². The summed E-state index contributed by atoms with van der Waals surface area (Å²) in [5, 5.41) is 4.90. The lowest BCUT2D eigenvalue weighted by molar-refractivity contribution is 0.0677. The van der Waals surface area contributed by atoms with Crippen LogP contribution in [0.5, 0.6) is 0 Å². The fourth-order valence-electron chi connectivity index (χ4n) is 1.74. The standard InChI is InChI=1S/C13H17ClN2OS2/c14-11-1-3-12(4-2-11)19-10-5-15-13(18)16-6-8-17-9-7-16/h1-4H,5-10H2,(H,15,18). The van der Waals surface area contributed by atoms with Crippen LogP contribution in [-0.4, -0.2) is 48.6 Å². The Morgan fingerprint density at radius 2 is 2.00 bits per heavy atom. The van der Waals surface area contributed by atoms with Gasteiger partial charge in [-0.3, -0.25) is 0 Å². The third kappa shape index (κ3) is 5.18. The van der Waals surface area contributed by atoms with Crippen LogP contribution in [-0.2, 0) is 4.74 Å². The molecule has 1 N–H and O–H groups in total. The summed E-state index contributed by atoms with van der Waals surface area (Å²) in [5.74, 6) is 0.978. The molecule has 0 spiro atoms. The molecular weight excluding hydrogens is 300 g/mol. The van der Waals surface area contributed by atoms with Gasteiger partial charge in [0.05, 0.1) is 13.2 Å². The van der Waals surface area contributed by atoms with Gasteiger partial charge in [-0.25, -0.2) is 0 Å². The lowest BCUT2D eigenvalue weighted by atomic mass is 10.4. The van der Waals surface area contributed by atoms with Crippen LogP contribution in [0.3, 0.4) is 0 Å². The zero-order valence-corrected chi connectivity index (χ0v) is 13.0. The van der Waals surface area contributed by atoms with E-state index in [0.717, 1.165) is 48.7 Å². The number of nitrogens with one attached hydrogen (secondary N) is 1. The maximum Gasteiger partial charge on any atom is 0.169 e. The molecule has 0 radical (unpaired) electrons. The van der Waals surface area contributed by atoms with E-state index < -0.39 is 0 Å². The first kappa shape index (κ1) is 14.9. The number of thiocarbonyl (C=S) groups is 1. The molecule has 2 rings (SSSR count). The molecule has 1 saturated heterocycles. The van der Waals surface area contributed by atoms with Gasteiger partial charge < -0.3 is 15.0 Å². The SMILES string of the molecule is S=C(NCCSc1ccc(Cl)cc1)N1CCOCC1. The van der Waals surface area contributed by atoms with E-state index >= 15 is 0 Å². The number of ether oxygens (including phenoxy) is 1. The van der Waals surface area contributed by atoms with Crippen molar-refractivity contribution in [1.29, 1.82) is 0 Å². The smallest absolute Gasteiger partial charge is 0.169 e. The summed E-state index contributed by atoms with van der Waals surface area (Å²) in [6, 6.07) is 7.89. The fraction of sp³-hybridized carbons (Fsp3) is 0.462. The summed E-state index contributed by atoms with van der Waals surface area (Å²) in [6.45, 7) is 4.17. The number of halogens is 1. The van der Waals surface area contributed by atoms with Gasteiger partial charge in [0, 0.05) is 35.3 Å². The Morgan fingerprint density at radius 1 is 1.32 bits per heavy atom. The van der Waals surface area contributed by atoms with Crippen LogP contribution in [0.1, 0.15) is 0 Å². The molecule has 1 aromatic rings. The van der Waals surface area contributed by atoms with Crippen molar-refractivity contribution >= 4 is 40.7 Å². The van der Waals surface area contributed by atoms with E-state index in [1.807, 2.05) is 24.3 Å². The average molecular weight is 317 g/mol. The quantitative estimate of drug-likeness (QED) is 0.523. The minimum Gasteiger partial charge on any atom is -0.378 e. The molecule has 1 heterocycles. The van der Waals surface area contributed by atoms with E-state index in [-0.39, 0.29) is 0 Å². The predicted octanol–water partition coefficient (Wildman–Crippen LogP) is 2.64. The van der Waals surface area contributed by atoms with Gasteiger partial charge in [-0.1, -0.05) is 11.6 Å². The minimum atomic E-state index is 0.765. The molecule has 1 aliphatic rings. The molecule has 0 bridgehead atoms. The van der Waals surface area contributed by atoms with Crippen LogP contribution in [0.25, 0.3) is 0 Å². The van der Waals surface area contributed by atoms with Gasteiger partial charge in [0.2, 0.25) is 0 Å². The van der Waals surface area contributed by atoms with Crippen LogP contribution in [0.15, 0.2) is 29.2 Å². The molecule has 0 saturated carbocycles. The number of hydrogen-bond acceptors (Lipinski definition) is 3. The first-order chi connectivity index (χ1) is 9.25. The van der Waals surface area contributed by atoms with Crippen molar-refractivity contribution in [2.75, 3.05) is 38.6 Å². The van der Waals surface area contributed by atoms with Crippen molar-refractivity contribution in [2.24, 2.45) is 0 Å². The second-order valence-electron chi connectivity index (χ2n) is 4.13. The highest BCUT2D eigenvalue weighted by atomic mass is 35.5. The van der Waals surface area contributed by atoms with Crippen molar-refractivity contribution in [2.45, 2.75) is 4.90 Å². The molecule has 1 aromatic carbocycles. The maximum absolute atomic E-state index is 5.85. The number of hydrogen-bond donors (Lipinski definition) is 1. The van der Waals surface area contributed by atoms with Crippen molar-refractivity contribution in [3.05, 3.63) is 29.3 Å². The average Bonchev–Trinajstić information content (AvgIpc) is 2.46. The lowest BCUT2D eigenvalue weighted by Crippen LogP contribution is -2.46. The van der Waals surface area contributed by atoms with Gasteiger partial charge in [-0.05, 0) is 36.5 Å². The second kappa shape index (κ2) is 7.94. The van der Waals surface area contributed by atoms with Crippen molar-refractivity contribution < 1.29 is 4.74 Å². The Morgan fingerprint density at radius 3 is 2.68 bits per heavy atom. The third-order valence-corrected chi connectivity index (χ3v) is 4.43. The molecule has 0 aliphatic carbocycles. The number of rotatable bonds is 4. The maximum atomic E-state index is 5.85. The fourth-order valence-corrected chi connectivity index (χ4v) is 2.91. The molecule has 104 valence electrons. The molecule has 1 aliphatic heterocycles. The van der Waals surface area contributed by atoms with E-state index in [4.69, 9.17) is 28.6 Å². The van der Waals surface area contributed by atoms with Gasteiger partial charge in [0.25, 0.3) is 0 Å². The van der Waals surface area contributed by atoms with Crippen LogP contribution in [0, 0.1) is 0 Å². The van der Waals surface area contributed by atoms with Gasteiger partial charge in [-0.15, -0.1) is 11.8 Å². The van der Waals surface area contributed by atoms with Crippen molar-refractivity contribution in [3.63, 3.8) is 0 Å². The zero-order chi connectivity index (χ0) is 13.5. The third-order valence-electron chi connectivity index (χ3n) is 2.76. The predicted molar refractivity (Wildman–Crippen MR) is 85.2 cm³/mol. The number of nitrogens with zero attached hydrogens (tertiary/aromatic N) is 1. The second-order valence-corrected chi connectivity index (χ2v) is 6.13. The summed E-state index contributed by atoms with van der Waals surface area (Å²) in [4.78, 5) is 3.38. The van der Waals surface area contributed by atoms with E-state index in [2.05, 4.69) is 10.2 Å². The zero-order valence-electron chi connectivity index (χ0n) is 10.6. The molecular formula is C13H17ClN2OS2. The highest BCUT2D eigenvalue weighted by molar-refractivity contribution is 7.99. The van der Waals surface area contributed by atoms with Gasteiger partial charge in [0.1, 0.15) is 0 Å². The molecule has 3 nitrogen and oxygen atoms in total. The van der Waals surface area contributed by atoms with E-state index in [9.17, 15) is 0 Å². The van der Waals surface area contributed by atoms with Crippen LogP contribution in [0.2, 0.25) is 5.02 Å². The Labute approximate surface area is 128 Å². The highest BCUT2D eigenvalue weighted by Crippen LogP contribution is 2.19. The summed E-state index contributed by atoms with van der Waals surface area (Å²) in [6.07, 6.45) is 0. The largest absolute Gasteiger partial charge is 0.378 e. The summed E-state index contributed by atoms with van der Waals surface area (Å²) < 4.78 is 5.30. The minimum absolute atomic E-state index is 0.765. The Balaban J connectivity index is 1.63. The molecule has 0 unspecified atom stereocenters. The Hall–Kier alpha value is -0.490. The van der Waals surface area contributed by atoms with Crippen LogP contribution >= 0.6 is 35.6 Å². The highest BCUT2D eigenvalue weighted by Gasteiger charge is 2.12. The summed E-state index contributed by atoms with van der Waals surface area (Å²) in [5.41, 5.74) is 0. The molecule has 0 aromatic heterocycles. The Bertz CT molecular complexity index is 408. The molecule has 0 atom stereocenters. The topological polar surface area (TPSA) is 24.5 Å². The van der Waals surface area contributed by atoms with E-state index in [1.165, 1.54) is 4.90 Å². The lowest BCUT2D eigenvalue weighted by Gasteiger charge is -2.29. The van der Waals surface area contributed by atoms with E-state index in [0.29, 0.717) is 0 Å². The number of benzene rings is 1. The number of morpholine rings is 1. The van der Waals surface area contributed by atoms with E-state index in [1.54, 1.807) is 11.8 Å². The normalized spacial score (nSPS) is 15.3. The van der Waals surface area contributed by atoms with Gasteiger partial charge in [-0.2, -0.15) is 0 Å². The molecule has 0 amide bonds.